The van der Waals surface area contributed by atoms with Crippen molar-refractivity contribution >= 4 is 32.9 Å². The molecule has 2 N–H and O–H groups in total. The summed E-state index contributed by atoms with van der Waals surface area (Å²) in [5.74, 6) is 0.0851. The molecule has 0 unspecified atom stereocenters. The second-order valence-electron chi connectivity index (χ2n) is 7.02. The molecule has 1 aliphatic heterocycles. The van der Waals surface area contributed by atoms with Gasteiger partial charge in [-0.2, -0.15) is 13.2 Å². The van der Waals surface area contributed by atoms with Crippen LogP contribution in [0.1, 0.15) is 16.0 Å². The summed E-state index contributed by atoms with van der Waals surface area (Å²) in [6.45, 7) is 0.267. The van der Waals surface area contributed by atoms with Crippen LogP contribution in [0.15, 0.2) is 64.0 Å². The van der Waals surface area contributed by atoms with E-state index in [9.17, 15) is 21.6 Å². The molecule has 3 aromatic rings. The second-order valence-corrected chi connectivity index (χ2v) is 10.2. The lowest BCUT2D eigenvalue weighted by molar-refractivity contribution is -0.137. The van der Waals surface area contributed by atoms with Gasteiger partial charge in [0.05, 0.1) is 16.1 Å². The van der Waals surface area contributed by atoms with Crippen LogP contribution in [0.25, 0.3) is 11.1 Å². The molecule has 0 saturated carbocycles. The van der Waals surface area contributed by atoms with Crippen molar-refractivity contribution in [3.05, 3.63) is 70.6 Å². The highest BCUT2D eigenvalue weighted by molar-refractivity contribution is 7.94. The van der Waals surface area contributed by atoms with Gasteiger partial charge in [0.15, 0.2) is 5.84 Å². The van der Waals surface area contributed by atoms with Crippen molar-refractivity contribution in [2.45, 2.75) is 16.8 Å². The predicted molar refractivity (Wildman–Crippen MR) is 117 cm³/mol. The Labute approximate surface area is 186 Å². The largest absolute Gasteiger partial charge is 0.416 e. The van der Waals surface area contributed by atoms with Crippen molar-refractivity contribution in [1.82, 2.24) is 0 Å². The number of thiophene rings is 1. The van der Waals surface area contributed by atoms with Gasteiger partial charge in [0.25, 0.3) is 10.0 Å². The highest BCUT2D eigenvalue weighted by Crippen LogP contribution is 2.38. The van der Waals surface area contributed by atoms with Gasteiger partial charge >= 0.3 is 6.18 Å². The summed E-state index contributed by atoms with van der Waals surface area (Å²) in [6.07, 6.45) is -3.90. The molecule has 0 fully saturated rings. The van der Waals surface area contributed by atoms with E-state index in [4.69, 9.17) is 5.73 Å². The number of nitrogens with two attached hydrogens (primary N) is 1. The quantitative estimate of drug-likeness (QED) is 0.332. The van der Waals surface area contributed by atoms with Crippen LogP contribution in [0, 0.1) is 0 Å². The van der Waals surface area contributed by atoms with Crippen molar-refractivity contribution in [3.8, 4) is 11.1 Å². The molecule has 0 aliphatic carbocycles. The summed E-state index contributed by atoms with van der Waals surface area (Å²) in [5.41, 5.74) is 7.75. The Balaban J connectivity index is 1.62. The highest BCUT2D eigenvalue weighted by Gasteiger charge is 2.33. The molecule has 2 heterocycles. The molecular formula is C21H18F3N3O3S2. The molecule has 11 heteroatoms. The average molecular weight is 482 g/mol. The number of hydrogen-bond donors (Lipinski definition) is 1. The zero-order valence-corrected chi connectivity index (χ0v) is 18.4. The number of alkyl halides is 3. The molecule has 0 radical (unpaired) electrons. The van der Waals surface area contributed by atoms with Crippen LogP contribution in [0.4, 0.5) is 18.9 Å². The van der Waals surface area contributed by atoms with Crippen LogP contribution in [0.5, 0.6) is 0 Å². The smallest absolute Gasteiger partial charge is 0.397 e. The van der Waals surface area contributed by atoms with E-state index in [1.165, 1.54) is 29.6 Å². The van der Waals surface area contributed by atoms with Crippen LogP contribution in [-0.2, 0) is 27.5 Å². The maximum absolute atomic E-state index is 13.2. The molecule has 0 saturated heterocycles. The van der Waals surface area contributed by atoms with Crippen LogP contribution < -0.4 is 10.0 Å². The first-order chi connectivity index (χ1) is 15.1. The first kappa shape index (κ1) is 22.2. The molecule has 1 aromatic heterocycles. The first-order valence-electron chi connectivity index (χ1n) is 9.41. The van der Waals surface area contributed by atoms with E-state index in [0.29, 0.717) is 22.5 Å². The maximum atomic E-state index is 13.2. The predicted octanol–water partition coefficient (Wildman–Crippen LogP) is 4.45. The van der Waals surface area contributed by atoms with Gasteiger partial charge in [0.1, 0.15) is 11.3 Å². The Morgan fingerprint density at radius 2 is 1.78 bits per heavy atom. The third-order valence-electron chi connectivity index (χ3n) is 5.05. The zero-order valence-electron chi connectivity index (χ0n) is 16.8. The summed E-state index contributed by atoms with van der Waals surface area (Å²) >= 11 is 0.995. The Hall–Kier alpha value is -3.05. The Bertz CT molecular complexity index is 1280. The normalized spacial score (nSPS) is 14.5. The SMILES string of the molecule is CO/N=C(\N)c1ccc(S(=O)(=O)N2CCc3cc(-c4ccc(C(F)(F)F)cc4)ccc32)s1. The topological polar surface area (TPSA) is 85.0 Å². The summed E-state index contributed by atoms with van der Waals surface area (Å²) in [5, 5.41) is 3.62. The number of rotatable bonds is 5. The molecule has 4 rings (SSSR count). The molecular weight excluding hydrogens is 463 g/mol. The minimum Gasteiger partial charge on any atom is -0.397 e. The van der Waals surface area contributed by atoms with Crippen LogP contribution >= 0.6 is 11.3 Å². The standard InChI is InChI=1S/C21H18F3N3O3S2/c1-30-26-20(25)18-8-9-19(31-18)32(28,29)27-11-10-15-12-14(4-7-17(15)27)13-2-5-16(6-3-13)21(22,23)24/h2-9,12H,10-11H2,1H3,(H2,25,26). The van der Waals surface area contributed by atoms with E-state index >= 15 is 0 Å². The van der Waals surface area contributed by atoms with Gasteiger partial charge in [-0.25, -0.2) is 8.42 Å². The minimum atomic E-state index is -4.40. The molecule has 1 aliphatic rings. The lowest BCUT2D eigenvalue weighted by Crippen LogP contribution is -2.28. The first-order valence-corrected chi connectivity index (χ1v) is 11.7. The summed E-state index contributed by atoms with van der Waals surface area (Å²) in [7, 11) is -2.46. The molecule has 0 amide bonds. The third-order valence-corrected chi connectivity index (χ3v) is 8.43. The van der Waals surface area contributed by atoms with Gasteiger partial charge in [-0.1, -0.05) is 23.4 Å². The molecule has 168 valence electrons. The van der Waals surface area contributed by atoms with Gasteiger partial charge < -0.3 is 10.6 Å². The number of sulfonamides is 1. The number of hydrogen-bond acceptors (Lipinski definition) is 5. The van der Waals surface area contributed by atoms with E-state index in [1.807, 2.05) is 6.07 Å². The molecule has 32 heavy (non-hydrogen) atoms. The zero-order chi connectivity index (χ0) is 23.1. The number of anilines is 1. The van der Waals surface area contributed by atoms with Crippen molar-refractivity contribution in [2.75, 3.05) is 18.0 Å². The van der Waals surface area contributed by atoms with Gasteiger partial charge in [0.2, 0.25) is 0 Å². The monoisotopic (exact) mass is 481 g/mol. The fraction of sp³-hybridized carbons (Fsp3) is 0.190. The Morgan fingerprint density at radius 3 is 2.44 bits per heavy atom. The van der Waals surface area contributed by atoms with E-state index in [0.717, 1.165) is 34.6 Å². The van der Waals surface area contributed by atoms with Gasteiger partial charge in [-0.15, -0.1) is 11.3 Å². The van der Waals surface area contributed by atoms with E-state index in [1.54, 1.807) is 18.2 Å². The van der Waals surface area contributed by atoms with Crippen LogP contribution in [0.3, 0.4) is 0 Å². The van der Waals surface area contributed by atoms with Crippen molar-refractivity contribution in [3.63, 3.8) is 0 Å². The van der Waals surface area contributed by atoms with Crippen molar-refractivity contribution < 1.29 is 26.4 Å². The van der Waals surface area contributed by atoms with Gasteiger partial charge in [-0.05, 0) is 59.5 Å². The third kappa shape index (κ3) is 4.05. The molecule has 6 nitrogen and oxygen atoms in total. The van der Waals surface area contributed by atoms with Crippen LogP contribution in [-0.4, -0.2) is 27.9 Å². The van der Waals surface area contributed by atoms with Gasteiger partial charge in [0, 0.05) is 6.54 Å². The number of halogens is 3. The number of nitrogens with zero attached hydrogens (tertiary/aromatic N) is 2. The number of oxime groups is 1. The van der Waals surface area contributed by atoms with Crippen LogP contribution in [0.2, 0.25) is 0 Å². The average Bonchev–Trinajstić information content (AvgIpc) is 3.41. The number of fused-ring (bicyclic) bond motifs is 1. The minimum absolute atomic E-state index is 0.0851. The Morgan fingerprint density at radius 1 is 1.09 bits per heavy atom. The number of benzene rings is 2. The molecule has 0 spiro atoms. The number of amidine groups is 1. The van der Waals surface area contributed by atoms with E-state index < -0.39 is 21.8 Å². The molecule has 0 atom stereocenters. The molecule has 0 bridgehead atoms. The lowest BCUT2D eigenvalue weighted by Gasteiger charge is -2.18. The van der Waals surface area contributed by atoms with E-state index in [2.05, 4.69) is 9.99 Å². The van der Waals surface area contributed by atoms with E-state index in [-0.39, 0.29) is 16.6 Å². The fourth-order valence-corrected chi connectivity index (χ4v) is 6.32. The summed E-state index contributed by atoms with van der Waals surface area (Å²) < 4.78 is 66.2. The summed E-state index contributed by atoms with van der Waals surface area (Å²) in [4.78, 5) is 5.10. The molecule has 2 aromatic carbocycles. The second kappa shape index (κ2) is 8.14. The van der Waals surface area contributed by atoms with Crippen molar-refractivity contribution in [1.29, 1.82) is 0 Å². The summed E-state index contributed by atoms with van der Waals surface area (Å²) in [6, 6.07) is 13.1. The maximum Gasteiger partial charge on any atom is 0.416 e. The van der Waals surface area contributed by atoms with Crippen molar-refractivity contribution in [2.24, 2.45) is 10.9 Å². The Kier molecular flexibility index (Phi) is 5.63. The fourth-order valence-electron chi connectivity index (χ4n) is 3.50. The lowest BCUT2D eigenvalue weighted by atomic mass is 10.0. The van der Waals surface area contributed by atoms with Gasteiger partial charge in [-0.3, -0.25) is 4.31 Å². The highest BCUT2D eigenvalue weighted by atomic mass is 32.2.